The van der Waals surface area contributed by atoms with E-state index in [4.69, 9.17) is 4.74 Å². The van der Waals surface area contributed by atoms with Crippen molar-refractivity contribution in [1.82, 2.24) is 5.32 Å². The first-order chi connectivity index (χ1) is 13.7. The fraction of sp³-hybridized carbons (Fsp3) is 0.190. The Balaban J connectivity index is 2.04. The number of nitrogens with one attached hydrogen (secondary N) is 1. The molecule has 2 N–H and O–H groups in total. The molecular weight excluding hydrogens is 440 g/mol. The summed E-state index contributed by atoms with van der Waals surface area (Å²) in [5, 5.41) is 12.5. The Bertz CT molecular complexity index is 1030. The topological polar surface area (TPSA) is 95.9 Å². The molecule has 0 unspecified atom stereocenters. The molecular formula is C21H19BrN2O5. The number of halogens is 1. The van der Waals surface area contributed by atoms with Crippen LogP contribution in [-0.2, 0) is 9.59 Å². The molecule has 0 saturated carbocycles. The van der Waals surface area contributed by atoms with Crippen LogP contribution in [-0.4, -0.2) is 30.1 Å². The lowest BCUT2D eigenvalue weighted by molar-refractivity contribution is -0.122. The molecule has 7 nitrogen and oxygen atoms in total. The van der Waals surface area contributed by atoms with Crippen LogP contribution in [0.25, 0.3) is 6.08 Å². The summed E-state index contributed by atoms with van der Waals surface area (Å²) in [6, 6.07) is 9.21. The van der Waals surface area contributed by atoms with Crippen molar-refractivity contribution in [2.24, 2.45) is 0 Å². The third-order valence-electron chi connectivity index (χ3n) is 4.51. The number of barbiturate groups is 1. The van der Waals surface area contributed by atoms with Crippen LogP contribution in [0.3, 0.4) is 0 Å². The van der Waals surface area contributed by atoms with Gasteiger partial charge in [-0.25, -0.2) is 9.69 Å². The maximum Gasteiger partial charge on any atom is 0.335 e. The van der Waals surface area contributed by atoms with Crippen LogP contribution in [0.1, 0.15) is 30.9 Å². The molecule has 1 aliphatic heterocycles. The summed E-state index contributed by atoms with van der Waals surface area (Å²) >= 11 is 3.29. The molecule has 3 rings (SSSR count). The lowest BCUT2D eigenvalue weighted by Crippen LogP contribution is -2.54. The Morgan fingerprint density at radius 3 is 2.38 bits per heavy atom. The number of benzene rings is 2. The molecule has 4 amide bonds. The zero-order valence-electron chi connectivity index (χ0n) is 16.0. The third kappa shape index (κ3) is 4.02. The van der Waals surface area contributed by atoms with Crippen LogP contribution in [0.2, 0.25) is 0 Å². The normalized spacial score (nSPS) is 15.8. The Morgan fingerprint density at radius 2 is 1.79 bits per heavy atom. The molecule has 1 saturated heterocycles. The molecule has 1 fully saturated rings. The van der Waals surface area contributed by atoms with Crippen LogP contribution in [0, 0.1) is 0 Å². The summed E-state index contributed by atoms with van der Waals surface area (Å²) in [6.07, 6.45) is 1.22. The Kier molecular flexibility index (Phi) is 5.74. The number of nitrogens with zero attached hydrogens (tertiary/aromatic N) is 1. The third-order valence-corrected chi connectivity index (χ3v) is 4.97. The fourth-order valence-electron chi connectivity index (χ4n) is 2.92. The standard InChI is InChI=1S/C21H19BrN2O5/c1-11(2)12-4-6-15(7-5-12)24-20(27)16(19(26)23-21(24)28)9-13-8-14(22)10-17(29-3)18(13)25/h4-11,25H,1-3H3,(H,23,26,28). The lowest BCUT2D eigenvalue weighted by Gasteiger charge is -2.26. The number of carbonyl (C=O) groups excluding carboxylic acids is 3. The average Bonchev–Trinajstić information content (AvgIpc) is 2.67. The average molecular weight is 459 g/mol. The first kappa shape index (κ1) is 20.6. The summed E-state index contributed by atoms with van der Waals surface area (Å²) in [5.74, 6) is -1.38. The van der Waals surface area contributed by atoms with Gasteiger partial charge in [-0.1, -0.05) is 41.9 Å². The van der Waals surface area contributed by atoms with E-state index in [1.54, 1.807) is 18.2 Å². The number of aromatic hydroxyl groups is 1. The summed E-state index contributed by atoms with van der Waals surface area (Å²) in [5.41, 5.74) is 1.30. The molecule has 0 radical (unpaired) electrons. The number of phenolic OH excluding ortho intramolecular Hbond substituents is 1. The van der Waals surface area contributed by atoms with Crippen molar-refractivity contribution in [3.05, 3.63) is 57.6 Å². The van der Waals surface area contributed by atoms with Crippen molar-refractivity contribution in [2.75, 3.05) is 12.0 Å². The van der Waals surface area contributed by atoms with Gasteiger partial charge in [-0.15, -0.1) is 0 Å². The highest BCUT2D eigenvalue weighted by Crippen LogP contribution is 2.35. The smallest absolute Gasteiger partial charge is 0.335 e. The number of ether oxygens (including phenoxy) is 1. The van der Waals surface area contributed by atoms with Gasteiger partial charge in [0.15, 0.2) is 11.5 Å². The molecule has 29 heavy (non-hydrogen) atoms. The molecule has 0 atom stereocenters. The van der Waals surface area contributed by atoms with Gasteiger partial charge in [-0.3, -0.25) is 14.9 Å². The van der Waals surface area contributed by atoms with Gasteiger partial charge in [0.1, 0.15) is 5.57 Å². The van der Waals surface area contributed by atoms with Gasteiger partial charge in [-0.2, -0.15) is 0 Å². The summed E-state index contributed by atoms with van der Waals surface area (Å²) in [7, 11) is 1.39. The minimum Gasteiger partial charge on any atom is -0.504 e. The highest BCUT2D eigenvalue weighted by atomic mass is 79.9. The van der Waals surface area contributed by atoms with Crippen molar-refractivity contribution in [2.45, 2.75) is 19.8 Å². The van der Waals surface area contributed by atoms with Crippen LogP contribution in [0.4, 0.5) is 10.5 Å². The van der Waals surface area contributed by atoms with E-state index in [1.807, 2.05) is 26.0 Å². The van der Waals surface area contributed by atoms with E-state index in [2.05, 4.69) is 21.2 Å². The van der Waals surface area contributed by atoms with Gasteiger partial charge in [0.25, 0.3) is 11.8 Å². The first-order valence-corrected chi connectivity index (χ1v) is 9.60. The Morgan fingerprint density at radius 1 is 1.14 bits per heavy atom. The number of imide groups is 2. The largest absolute Gasteiger partial charge is 0.504 e. The number of hydrogen-bond acceptors (Lipinski definition) is 5. The predicted octanol–water partition coefficient (Wildman–Crippen LogP) is 3.95. The number of amides is 4. The van der Waals surface area contributed by atoms with Gasteiger partial charge in [0.2, 0.25) is 0 Å². The number of urea groups is 1. The number of hydrogen-bond donors (Lipinski definition) is 2. The molecule has 150 valence electrons. The van der Waals surface area contributed by atoms with E-state index in [0.29, 0.717) is 16.1 Å². The second kappa shape index (κ2) is 8.08. The maximum absolute atomic E-state index is 13.0. The molecule has 1 heterocycles. The number of rotatable bonds is 4. The van der Waals surface area contributed by atoms with Gasteiger partial charge in [0.05, 0.1) is 12.8 Å². The summed E-state index contributed by atoms with van der Waals surface area (Å²) < 4.78 is 5.67. The SMILES string of the molecule is COc1cc(Br)cc(C=C2C(=O)NC(=O)N(c3ccc(C(C)C)cc3)C2=O)c1O. The second-order valence-corrected chi connectivity index (χ2v) is 7.67. The Labute approximate surface area is 176 Å². The van der Waals surface area contributed by atoms with Gasteiger partial charge >= 0.3 is 6.03 Å². The van der Waals surface area contributed by atoms with Crippen molar-refractivity contribution >= 4 is 45.5 Å². The van der Waals surface area contributed by atoms with Crippen LogP contribution < -0.4 is 15.0 Å². The monoisotopic (exact) mass is 458 g/mol. The first-order valence-electron chi connectivity index (χ1n) is 8.80. The molecule has 0 aliphatic carbocycles. The quantitative estimate of drug-likeness (QED) is 0.533. The van der Waals surface area contributed by atoms with Crippen LogP contribution in [0.15, 0.2) is 46.4 Å². The van der Waals surface area contributed by atoms with Crippen molar-refractivity contribution in [3.8, 4) is 11.5 Å². The zero-order valence-corrected chi connectivity index (χ0v) is 17.6. The lowest BCUT2D eigenvalue weighted by atomic mass is 10.0. The minimum atomic E-state index is -0.839. The Hall–Kier alpha value is -3.13. The molecule has 0 aromatic heterocycles. The molecule has 2 aromatic rings. The highest BCUT2D eigenvalue weighted by molar-refractivity contribution is 9.10. The molecule has 0 bridgehead atoms. The van der Waals surface area contributed by atoms with E-state index in [1.165, 1.54) is 19.3 Å². The van der Waals surface area contributed by atoms with Gasteiger partial charge < -0.3 is 9.84 Å². The van der Waals surface area contributed by atoms with Crippen molar-refractivity contribution in [3.63, 3.8) is 0 Å². The van der Waals surface area contributed by atoms with Crippen LogP contribution in [0.5, 0.6) is 11.5 Å². The highest BCUT2D eigenvalue weighted by Gasteiger charge is 2.37. The second-order valence-electron chi connectivity index (χ2n) is 6.75. The maximum atomic E-state index is 13.0. The minimum absolute atomic E-state index is 0.173. The molecule has 0 spiro atoms. The van der Waals surface area contributed by atoms with E-state index in [-0.39, 0.29) is 22.6 Å². The zero-order chi connectivity index (χ0) is 21.3. The number of anilines is 1. The van der Waals surface area contributed by atoms with Crippen molar-refractivity contribution in [1.29, 1.82) is 0 Å². The summed E-state index contributed by atoms with van der Waals surface area (Å²) in [4.78, 5) is 38.5. The van der Waals surface area contributed by atoms with E-state index in [0.717, 1.165) is 10.5 Å². The summed E-state index contributed by atoms with van der Waals surface area (Å²) in [6.45, 7) is 4.07. The molecule has 2 aromatic carbocycles. The fourth-order valence-corrected chi connectivity index (χ4v) is 3.37. The molecule has 1 aliphatic rings. The van der Waals surface area contributed by atoms with E-state index in [9.17, 15) is 19.5 Å². The van der Waals surface area contributed by atoms with E-state index < -0.39 is 17.8 Å². The van der Waals surface area contributed by atoms with Gasteiger partial charge in [0, 0.05) is 10.0 Å². The number of methoxy groups -OCH3 is 1. The van der Waals surface area contributed by atoms with Crippen LogP contribution >= 0.6 is 15.9 Å². The molecule has 8 heteroatoms. The van der Waals surface area contributed by atoms with Crippen molar-refractivity contribution < 1.29 is 24.2 Å². The number of carbonyl (C=O) groups is 3. The van der Waals surface area contributed by atoms with E-state index >= 15 is 0 Å². The van der Waals surface area contributed by atoms with Gasteiger partial charge in [-0.05, 0) is 41.8 Å². The predicted molar refractivity (Wildman–Crippen MR) is 112 cm³/mol. The number of phenols is 1.